The summed E-state index contributed by atoms with van der Waals surface area (Å²) in [6.45, 7) is 0.441. The van der Waals surface area contributed by atoms with Crippen LogP contribution in [0.25, 0.3) is 22.2 Å². The van der Waals surface area contributed by atoms with Crippen molar-refractivity contribution in [3.8, 4) is 22.8 Å². The molecule has 4 aromatic rings. The highest BCUT2D eigenvalue weighted by Crippen LogP contribution is 2.27. The van der Waals surface area contributed by atoms with Crippen LogP contribution in [-0.4, -0.2) is 22.1 Å². The van der Waals surface area contributed by atoms with E-state index in [0.29, 0.717) is 6.61 Å². The smallest absolute Gasteiger partial charge is 0.146 e. The van der Waals surface area contributed by atoms with Crippen LogP contribution < -0.4 is 9.47 Å². The average Bonchev–Trinajstić information content (AvgIpc) is 2.72. The monoisotopic (exact) mass is 343 g/mol. The lowest BCUT2D eigenvalue weighted by Gasteiger charge is -2.11. The van der Waals surface area contributed by atoms with E-state index in [4.69, 9.17) is 14.5 Å². The normalized spacial score (nSPS) is 10.7. The fourth-order valence-electron chi connectivity index (χ4n) is 2.75. The zero-order valence-corrected chi connectivity index (χ0v) is 14.3. The number of rotatable bonds is 5. The lowest BCUT2D eigenvalue weighted by Crippen LogP contribution is -1.98. The van der Waals surface area contributed by atoms with Crippen molar-refractivity contribution in [1.82, 2.24) is 15.0 Å². The van der Waals surface area contributed by atoms with Gasteiger partial charge in [-0.3, -0.25) is 0 Å². The number of hydrogen-bond acceptors (Lipinski definition) is 5. The highest BCUT2D eigenvalue weighted by Gasteiger charge is 2.07. The van der Waals surface area contributed by atoms with Crippen molar-refractivity contribution < 1.29 is 9.47 Å². The fourth-order valence-corrected chi connectivity index (χ4v) is 2.75. The molecule has 0 radical (unpaired) electrons. The standard InChI is InChI=1S/C21H17N3O2/c1-25-18-6-2-4-15(10-18)13-26-20-7-3-5-16-8-9-19(24-21(16)20)17-11-22-14-23-12-17/h2-12,14H,13H2,1H3. The molecular formula is C21H17N3O2. The average molecular weight is 343 g/mol. The van der Waals surface area contributed by atoms with Crippen LogP contribution in [0.15, 0.2) is 73.3 Å². The first-order chi connectivity index (χ1) is 12.8. The number of benzene rings is 2. The van der Waals surface area contributed by atoms with Crippen molar-refractivity contribution >= 4 is 10.9 Å². The van der Waals surface area contributed by atoms with Crippen LogP contribution in [0.4, 0.5) is 0 Å². The Morgan fingerprint density at radius 3 is 2.62 bits per heavy atom. The Morgan fingerprint density at radius 2 is 1.77 bits per heavy atom. The van der Waals surface area contributed by atoms with E-state index in [2.05, 4.69) is 9.97 Å². The van der Waals surface area contributed by atoms with Crippen molar-refractivity contribution in [1.29, 1.82) is 0 Å². The van der Waals surface area contributed by atoms with E-state index >= 15 is 0 Å². The largest absolute Gasteiger partial charge is 0.497 e. The number of methoxy groups -OCH3 is 1. The number of ether oxygens (including phenoxy) is 2. The van der Waals surface area contributed by atoms with Crippen molar-refractivity contribution in [2.45, 2.75) is 6.61 Å². The maximum atomic E-state index is 6.05. The Hall–Kier alpha value is -3.47. The lowest BCUT2D eigenvalue weighted by atomic mass is 10.1. The van der Waals surface area contributed by atoms with Crippen LogP contribution in [0.2, 0.25) is 0 Å². The van der Waals surface area contributed by atoms with E-state index < -0.39 is 0 Å². The Bertz CT molecular complexity index is 1040. The predicted molar refractivity (Wildman–Crippen MR) is 100 cm³/mol. The topological polar surface area (TPSA) is 57.1 Å². The molecule has 26 heavy (non-hydrogen) atoms. The van der Waals surface area contributed by atoms with Gasteiger partial charge in [0, 0.05) is 23.3 Å². The molecule has 2 aromatic carbocycles. The molecule has 0 aliphatic rings. The molecule has 0 fully saturated rings. The van der Waals surface area contributed by atoms with Gasteiger partial charge in [0.05, 0.1) is 12.8 Å². The predicted octanol–water partition coefficient (Wildman–Crippen LogP) is 4.28. The number of nitrogens with zero attached hydrogens (tertiary/aromatic N) is 3. The zero-order valence-electron chi connectivity index (χ0n) is 14.3. The van der Waals surface area contributed by atoms with Crippen molar-refractivity contribution in [2.24, 2.45) is 0 Å². The van der Waals surface area contributed by atoms with Gasteiger partial charge >= 0.3 is 0 Å². The molecule has 0 amide bonds. The summed E-state index contributed by atoms with van der Waals surface area (Å²) < 4.78 is 11.3. The van der Waals surface area contributed by atoms with E-state index in [1.54, 1.807) is 19.5 Å². The molecule has 0 bridgehead atoms. The maximum absolute atomic E-state index is 6.05. The highest BCUT2D eigenvalue weighted by molar-refractivity contribution is 5.86. The van der Waals surface area contributed by atoms with Crippen molar-refractivity contribution in [3.63, 3.8) is 0 Å². The maximum Gasteiger partial charge on any atom is 0.146 e. The molecule has 0 atom stereocenters. The zero-order chi connectivity index (χ0) is 17.8. The Kier molecular flexibility index (Phi) is 4.43. The summed E-state index contributed by atoms with van der Waals surface area (Å²) in [6.07, 6.45) is 5.01. The molecule has 2 aromatic heterocycles. The summed E-state index contributed by atoms with van der Waals surface area (Å²) in [7, 11) is 1.66. The minimum absolute atomic E-state index is 0.441. The number of para-hydroxylation sites is 1. The molecule has 0 saturated carbocycles. The molecule has 5 nitrogen and oxygen atoms in total. The molecule has 0 aliphatic carbocycles. The minimum atomic E-state index is 0.441. The van der Waals surface area contributed by atoms with Gasteiger partial charge in [0.25, 0.3) is 0 Å². The van der Waals surface area contributed by atoms with Gasteiger partial charge in [-0.15, -0.1) is 0 Å². The van der Waals surface area contributed by atoms with E-state index in [1.165, 1.54) is 6.33 Å². The summed E-state index contributed by atoms with van der Waals surface area (Å²) in [5.74, 6) is 1.55. The van der Waals surface area contributed by atoms with Crippen molar-refractivity contribution in [3.05, 3.63) is 78.9 Å². The molecule has 0 spiro atoms. The first-order valence-electron chi connectivity index (χ1n) is 8.24. The number of aromatic nitrogens is 3. The third-order valence-corrected chi connectivity index (χ3v) is 4.07. The molecule has 5 heteroatoms. The Balaban J connectivity index is 1.66. The summed E-state index contributed by atoms with van der Waals surface area (Å²) in [4.78, 5) is 12.9. The van der Waals surface area contributed by atoms with Crippen LogP contribution in [0.1, 0.15) is 5.56 Å². The lowest BCUT2D eigenvalue weighted by molar-refractivity contribution is 0.308. The number of fused-ring (bicyclic) bond motifs is 1. The first kappa shape index (κ1) is 16.0. The SMILES string of the molecule is COc1cccc(COc2cccc3ccc(-c4cncnc4)nc23)c1. The molecule has 0 saturated heterocycles. The minimum Gasteiger partial charge on any atom is -0.497 e. The van der Waals surface area contributed by atoms with Crippen LogP contribution in [0.5, 0.6) is 11.5 Å². The number of hydrogen-bond donors (Lipinski definition) is 0. The second kappa shape index (κ2) is 7.19. The van der Waals surface area contributed by atoms with E-state index in [9.17, 15) is 0 Å². The fraction of sp³-hybridized carbons (Fsp3) is 0.0952. The molecule has 2 heterocycles. The van der Waals surface area contributed by atoms with Crippen molar-refractivity contribution in [2.75, 3.05) is 7.11 Å². The third kappa shape index (κ3) is 3.32. The van der Waals surface area contributed by atoms with Crippen LogP contribution in [0, 0.1) is 0 Å². The van der Waals surface area contributed by atoms with Crippen LogP contribution in [-0.2, 0) is 6.61 Å². The summed E-state index contributed by atoms with van der Waals surface area (Å²) in [5, 5.41) is 1.02. The Labute approximate surface area is 151 Å². The van der Waals surface area contributed by atoms with E-state index in [-0.39, 0.29) is 0 Å². The van der Waals surface area contributed by atoms with Crippen LogP contribution in [0.3, 0.4) is 0 Å². The quantitative estimate of drug-likeness (QED) is 0.541. The van der Waals surface area contributed by atoms with Gasteiger partial charge in [0.15, 0.2) is 0 Å². The molecule has 0 aliphatic heterocycles. The summed E-state index contributed by atoms with van der Waals surface area (Å²) in [6, 6.07) is 17.8. The molecule has 4 rings (SSSR count). The first-order valence-corrected chi connectivity index (χ1v) is 8.24. The second-order valence-corrected chi connectivity index (χ2v) is 5.79. The molecule has 0 N–H and O–H groups in total. The van der Waals surface area contributed by atoms with Gasteiger partial charge in [-0.2, -0.15) is 0 Å². The Morgan fingerprint density at radius 1 is 0.923 bits per heavy atom. The van der Waals surface area contributed by atoms with Gasteiger partial charge in [0.1, 0.15) is 29.9 Å². The van der Waals surface area contributed by atoms with Gasteiger partial charge < -0.3 is 9.47 Å². The highest BCUT2D eigenvalue weighted by atomic mass is 16.5. The van der Waals surface area contributed by atoms with E-state index in [1.807, 2.05) is 54.6 Å². The third-order valence-electron chi connectivity index (χ3n) is 4.07. The van der Waals surface area contributed by atoms with E-state index in [0.717, 1.165) is 39.2 Å². The van der Waals surface area contributed by atoms with Gasteiger partial charge in [-0.05, 0) is 29.8 Å². The van der Waals surface area contributed by atoms with Crippen LogP contribution >= 0.6 is 0 Å². The van der Waals surface area contributed by atoms with Gasteiger partial charge in [0.2, 0.25) is 0 Å². The molecule has 128 valence electrons. The van der Waals surface area contributed by atoms with Gasteiger partial charge in [-0.25, -0.2) is 15.0 Å². The molecular weight excluding hydrogens is 326 g/mol. The van der Waals surface area contributed by atoms with Gasteiger partial charge in [-0.1, -0.05) is 30.3 Å². The summed E-state index contributed by atoms with van der Waals surface area (Å²) >= 11 is 0. The molecule has 0 unspecified atom stereocenters. The second-order valence-electron chi connectivity index (χ2n) is 5.79. The number of pyridine rings is 1. The summed E-state index contributed by atoms with van der Waals surface area (Å²) in [5.41, 5.74) is 3.54.